The zero-order chi connectivity index (χ0) is 14.7. The average molecular weight is 285 g/mol. The number of rotatable bonds is 2. The third-order valence-electron chi connectivity index (χ3n) is 4.82. The fourth-order valence-corrected chi connectivity index (χ4v) is 3.60. The van der Waals surface area contributed by atoms with E-state index in [-0.39, 0.29) is 11.7 Å². The lowest BCUT2D eigenvalue weighted by Gasteiger charge is -2.43. The van der Waals surface area contributed by atoms with Gasteiger partial charge in [-0.1, -0.05) is 25.3 Å². The van der Waals surface area contributed by atoms with Crippen LogP contribution in [0.15, 0.2) is 18.2 Å². The minimum Gasteiger partial charge on any atom is -0.490 e. The highest BCUT2D eigenvalue weighted by atomic mass is 16.5. The first kappa shape index (κ1) is 14.4. The summed E-state index contributed by atoms with van der Waals surface area (Å²) >= 11 is 0. The zero-order valence-electron chi connectivity index (χ0n) is 12.7. The van der Waals surface area contributed by atoms with Crippen molar-refractivity contribution in [1.82, 2.24) is 0 Å². The van der Waals surface area contributed by atoms with E-state index < -0.39 is 0 Å². The quantitative estimate of drug-likeness (QED) is 0.820. The van der Waals surface area contributed by atoms with Gasteiger partial charge in [-0.3, -0.25) is 0 Å². The van der Waals surface area contributed by atoms with Gasteiger partial charge in [0.15, 0.2) is 0 Å². The highest BCUT2D eigenvalue weighted by Gasteiger charge is 2.39. The second-order valence-corrected chi connectivity index (χ2v) is 6.42. The smallest absolute Gasteiger partial charge is 0.123 e. The van der Waals surface area contributed by atoms with Gasteiger partial charge in [0.1, 0.15) is 11.9 Å². The van der Waals surface area contributed by atoms with Gasteiger partial charge in [-0.25, -0.2) is 0 Å². The van der Waals surface area contributed by atoms with E-state index in [1.165, 1.54) is 32.1 Å². The molecule has 1 aromatic carbocycles. The summed E-state index contributed by atoms with van der Waals surface area (Å²) in [5, 5.41) is 9.03. The van der Waals surface area contributed by atoms with Gasteiger partial charge in [0.2, 0.25) is 0 Å². The average Bonchev–Trinajstić information content (AvgIpc) is 2.50. The molecule has 3 heteroatoms. The van der Waals surface area contributed by atoms with Crippen molar-refractivity contribution in [3.63, 3.8) is 0 Å². The van der Waals surface area contributed by atoms with Crippen LogP contribution in [0, 0.1) is 18.3 Å². The van der Waals surface area contributed by atoms with Gasteiger partial charge in [0.05, 0.1) is 23.8 Å². The van der Waals surface area contributed by atoms with Crippen LogP contribution in [0.5, 0.6) is 5.75 Å². The molecule has 0 aromatic heterocycles. The summed E-state index contributed by atoms with van der Waals surface area (Å²) in [5.41, 5.74) is 1.82. The van der Waals surface area contributed by atoms with E-state index in [1.54, 1.807) is 0 Å². The second-order valence-electron chi connectivity index (χ2n) is 6.42. The van der Waals surface area contributed by atoms with Gasteiger partial charge in [0, 0.05) is 12.8 Å². The molecule has 1 heterocycles. The number of nitrogens with zero attached hydrogens (tertiary/aromatic N) is 1. The van der Waals surface area contributed by atoms with Gasteiger partial charge < -0.3 is 9.47 Å². The Kier molecular flexibility index (Phi) is 4.17. The lowest BCUT2D eigenvalue weighted by Crippen LogP contribution is -2.45. The van der Waals surface area contributed by atoms with E-state index in [9.17, 15) is 0 Å². The van der Waals surface area contributed by atoms with Crippen molar-refractivity contribution in [3.8, 4) is 11.8 Å². The summed E-state index contributed by atoms with van der Waals surface area (Å²) < 4.78 is 12.3. The van der Waals surface area contributed by atoms with Crippen LogP contribution in [-0.2, 0) is 4.74 Å². The number of ether oxygens (including phenoxy) is 2. The first-order valence-electron chi connectivity index (χ1n) is 8.02. The third kappa shape index (κ3) is 3.22. The highest BCUT2D eigenvalue weighted by Crippen LogP contribution is 2.39. The van der Waals surface area contributed by atoms with E-state index in [1.807, 2.05) is 25.1 Å². The van der Waals surface area contributed by atoms with Crippen LogP contribution < -0.4 is 4.74 Å². The molecule has 1 aliphatic heterocycles. The van der Waals surface area contributed by atoms with E-state index in [4.69, 9.17) is 14.7 Å². The Bertz CT molecular complexity index is 535. The van der Waals surface area contributed by atoms with Crippen LogP contribution in [0.3, 0.4) is 0 Å². The lowest BCUT2D eigenvalue weighted by molar-refractivity contribution is -0.129. The maximum absolute atomic E-state index is 9.03. The molecule has 1 unspecified atom stereocenters. The summed E-state index contributed by atoms with van der Waals surface area (Å²) in [6.45, 7) is 2.83. The van der Waals surface area contributed by atoms with Crippen molar-refractivity contribution in [1.29, 1.82) is 5.26 Å². The molecule has 0 amide bonds. The summed E-state index contributed by atoms with van der Waals surface area (Å²) in [4.78, 5) is 0. The Morgan fingerprint density at radius 3 is 2.86 bits per heavy atom. The maximum atomic E-state index is 9.03. The molecular weight excluding hydrogens is 262 g/mol. The monoisotopic (exact) mass is 285 g/mol. The van der Waals surface area contributed by atoms with E-state index in [0.717, 1.165) is 30.8 Å². The summed E-state index contributed by atoms with van der Waals surface area (Å²) in [6.07, 6.45) is 8.37. The molecule has 1 atom stereocenters. The van der Waals surface area contributed by atoms with E-state index in [2.05, 4.69) is 6.07 Å². The maximum Gasteiger partial charge on any atom is 0.123 e. The predicted octanol–water partition coefficient (Wildman–Crippen LogP) is 4.13. The summed E-state index contributed by atoms with van der Waals surface area (Å²) in [5.74, 6) is 0.854. The molecule has 2 fully saturated rings. The molecule has 1 saturated carbocycles. The van der Waals surface area contributed by atoms with E-state index >= 15 is 0 Å². The molecule has 3 rings (SSSR count). The van der Waals surface area contributed by atoms with Crippen molar-refractivity contribution in [3.05, 3.63) is 29.3 Å². The number of benzene rings is 1. The number of aryl methyl sites for hydroxylation is 1. The molecule has 1 saturated heterocycles. The fraction of sp³-hybridized carbons (Fsp3) is 0.611. The Morgan fingerprint density at radius 1 is 1.29 bits per heavy atom. The molecule has 1 aromatic rings. The third-order valence-corrected chi connectivity index (χ3v) is 4.82. The summed E-state index contributed by atoms with van der Waals surface area (Å²) in [6, 6.07) is 7.85. The van der Waals surface area contributed by atoms with Crippen molar-refractivity contribution >= 4 is 0 Å². The van der Waals surface area contributed by atoms with E-state index in [0.29, 0.717) is 5.56 Å². The van der Waals surface area contributed by atoms with Crippen molar-refractivity contribution in [2.75, 3.05) is 6.61 Å². The molecular formula is C18H23NO2. The molecule has 1 spiro atoms. The van der Waals surface area contributed by atoms with Crippen LogP contribution in [-0.4, -0.2) is 18.3 Å². The first-order valence-corrected chi connectivity index (χ1v) is 8.02. The molecule has 0 bridgehead atoms. The SMILES string of the molecule is Cc1ccc(C#N)cc1OC1CCOC2(CCCCC2)C1. The number of hydrogen-bond acceptors (Lipinski definition) is 3. The van der Waals surface area contributed by atoms with Crippen molar-refractivity contribution < 1.29 is 9.47 Å². The Balaban J connectivity index is 1.71. The Hall–Kier alpha value is -1.53. The van der Waals surface area contributed by atoms with Crippen molar-refractivity contribution in [2.24, 2.45) is 0 Å². The largest absolute Gasteiger partial charge is 0.490 e. The standard InChI is InChI=1S/C18H23NO2/c1-14-5-6-15(13-19)11-17(14)21-16-7-10-20-18(12-16)8-3-2-4-9-18/h5-6,11,16H,2-4,7-10,12H2,1H3. The highest BCUT2D eigenvalue weighted by molar-refractivity contribution is 5.41. The molecule has 0 radical (unpaired) electrons. The molecule has 3 nitrogen and oxygen atoms in total. The minimum absolute atomic E-state index is 0.0575. The molecule has 21 heavy (non-hydrogen) atoms. The predicted molar refractivity (Wildman–Crippen MR) is 81.3 cm³/mol. The van der Waals surface area contributed by atoms with Gasteiger partial charge >= 0.3 is 0 Å². The molecule has 112 valence electrons. The summed E-state index contributed by atoms with van der Waals surface area (Å²) in [7, 11) is 0. The van der Waals surface area contributed by atoms with Crippen molar-refractivity contribution in [2.45, 2.75) is 63.6 Å². The molecule has 0 N–H and O–H groups in total. The first-order chi connectivity index (χ1) is 10.2. The van der Waals surface area contributed by atoms with Gasteiger partial charge in [0.25, 0.3) is 0 Å². The minimum atomic E-state index is 0.0575. The van der Waals surface area contributed by atoms with Gasteiger partial charge in [-0.05, 0) is 37.5 Å². The van der Waals surface area contributed by atoms with Crippen LogP contribution >= 0.6 is 0 Å². The Labute approximate surface area is 126 Å². The zero-order valence-corrected chi connectivity index (χ0v) is 12.7. The molecule has 2 aliphatic rings. The Morgan fingerprint density at radius 2 is 2.10 bits per heavy atom. The van der Waals surface area contributed by atoms with Gasteiger partial charge in [-0.2, -0.15) is 5.26 Å². The van der Waals surface area contributed by atoms with Crippen LogP contribution in [0.2, 0.25) is 0 Å². The van der Waals surface area contributed by atoms with Gasteiger partial charge in [-0.15, -0.1) is 0 Å². The van der Waals surface area contributed by atoms with Crippen LogP contribution in [0.1, 0.15) is 56.1 Å². The topological polar surface area (TPSA) is 42.2 Å². The second kappa shape index (κ2) is 6.07. The normalized spacial score (nSPS) is 24.5. The number of hydrogen-bond donors (Lipinski definition) is 0. The fourth-order valence-electron chi connectivity index (χ4n) is 3.60. The van der Waals surface area contributed by atoms with Crippen LogP contribution in [0.25, 0.3) is 0 Å². The van der Waals surface area contributed by atoms with Crippen LogP contribution in [0.4, 0.5) is 0 Å². The lowest BCUT2D eigenvalue weighted by atomic mass is 9.79. The number of nitriles is 1. The molecule has 1 aliphatic carbocycles.